The van der Waals surface area contributed by atoms with E-state index in [1.165, 1.54) is 30.5 Å². The number of hydrogen-bond acceptors (Lipinski definition) is 3. The number of nitrogens with zero attached hydrogens (tertiary/aromatic N) is 1. The lowest BCUT2D eigenvalue weighted by atomic mass is 10.1. The molecule has 2 N–H and O–H groups in total. The monoisotopic (exact) mass is 262 g/mol. The van der Waals surface area contributed by atoms with E-state index in [4.69, 9.17) is 10.5 Å². The smallest absolute Gasteiger partial charge is 0.122 e. The largest absolute Gasteiger partial charge is 0.493 e. The van der Waals surface area contributed by atoms with E-state index in [9.17, 15) is 0 Å². The van der Waals surface area contributed by atoms with Crippen LogP contribution in [0.3, 0.4) is 0 Å². The van der Waals surface area contributed by atoms with Crippen molar-refractivity contribution in [1.82, 2.24) is 4.90 Å². The Bertz CT molecular complexity index is 406. The zero-order valence-corrected chi connectivity index (χ0v) is 12.2. The summed E-state index contributed by atoms with van der Waals surface area (Å²) in [5, 5.41) is 0. The summed E-state index contributed by atoms with van der Waals surface area (Å²) in [5.41, 5.74) is 8.45. The van der Waals surface area contributed by atoms with Gasteiger partial charge < -0.3 is 15.4 Å². The van der Waals surface area contributed by atoms with Gasteiger partial charge in [-0.2, -0.15) is 0 Å². The Hall–Kier alpha value is -1.06. The van der Waals surface area contributed by atoms with E-state index in [0.29, 0.717) is 6.04 Å². The van der Waals surface area contributed by atoms with Crippen LogP contribution in [-0.4, -0.2) is 37.2 Å². The molecule has 0 bridgehead atoms. The van der Waals surface area contributed by atoms with E-state index in [1.54, 1.807) is 0 Å². The van der Waals surface area contributed by atoms with E-state index in [0.717, 1.165) is 31.9 Å². The van der Waals surface area contributed by atoms with Crippen molar-refractivity contribution in [2.24, 2.45) is 5.73 Å². The molecular weight excluding hydrogens is 236 g/mol. The van der Waals surface area contributed by atoms with Crippen molar-refractivity contribution in [2.75, 3.05) is 26.2 Å². The molecule has 1 aromatic rings. The highest BCUT2D eigenvalue weighted by molar-refractivity contribution is 5.35. The standard InChI is InChI=1S/C16H26N2O/c1-13-6-7-14(2)16(11-13)19-10-4-9-18-8-3-5-15(17)12-18/h6-7,11,15H,3-5,8-10,12,17H2,1-2H3/t15-/m1/s1. The van der Waals surface area contributed by atoms with Gasteiger partial charge in [0, 0.05) is 19.1 Å². The first-order chi connectivity index (χ1) is 9.15. The van der Waals surface area contributed by atoms with Gasteiger partial charge in [0.15, 0.2) is 0 Å². The van der Waals surface area contributed by atoms with Crippen LogP contribution in [0.25, 0.3) is 0 Å². The molecule has 1 heterocycles. The highest BCUT2D eigenvalue weighted by Gasteiger charge is 2.15. The van der Waals surface area contributed by atoms with Gasteiger partial charge in [0.25, 0.3) is 0 Å². The van der Waals surface area contributed by atoms with Crippen molar-refractivity contribution in [3.8, 4) is 5.75 Å². The summed E-state index contributed by atoms with van der Waals surface area (Å²) in [6.45, 7) is 8.31. The van der Waals surface area contributed by atoms with Crippen molar-refractivity contribution in [1.29, 1.82) is 0 Å². The highest BCUT2D eigenvalue weighted by atomic mass is 16.5. The Morgan fingerprint density at radius 2 is 2.21 bits per heavy atom. The highest BCUT2D eigenvalue weighted by Crippen LogP contribution is 2.19. The molecule has 1 saturated heterocycles. The second-order valence-corrected chi connectivity index (χ2v) is 5.67. The van der Waals surface area contributed by atoms with Crippen LogP contribution in [0.5, 0.6) is 5.75 Å². The first kappa shape index (κ1) is 14.4. The van der Waals surface area contributed by atoms with Crippen molar-refractivity contribution in [2.45, 2.75) is 39.2 Å². The minimum Gasteiger partial charge on any atom is -0.493 e. The SMILES string of the molecule is Cc1ccc(C)c(OCCCN2CCC[C@@H](N)C2)c1. The third-order valence-electron chi connectivity index (χ3n) is 3.76. The normalized spacial score (nSPS) is 20.5. The topological polar surface area (TPSA) is 38.5 Å². The van der Waals surface area contributed by atoms with Crippen LogP contribution in [-0.2, 0) is 0 Å². The zero-order valence-electron chi connectivity index (χ0n) is 12.2. The van der Waals surface area contributed by atoms with Crippen LogP contribution in [0, 0.1) is 13.8 Å². The molecule has 19 heavy (non-hydrogen) atoms. The molecule has 1 aromatic carbocycles. The Morgan fingerprint density at radius 1 is 1.37 bits per heavy atom. The van der Waals surface area contributed by atoms with Crippen LogP contribution in [0.4, 0.5) is 0 Å². The fourth-order valence-electron chi connectivity index (χ4n) is 2.63. The zero-order chi connectivity index (χ0) is 13.7. The fourth-order valence-corrected chi connectivity index (χ4v) is 2.63. The van der Waals surface area contributed by atoms with Crippen molar-refractivity contribution < 1.29 is 4.74 Å². The van der Waals surface area contributed by atoms with Gasteiger partial charge in [0.05, 0.1) is 6.61 Å². The van der Waals surface area contributed by atoms with Gasteiger partial charge in [0.1, 0.15) is 5.75 Å². The Labute approximate surface area is 116 Å². The van der Waals surface area contributed by atoms with Gasteiger partial charge in [-0.3, -0.25) is 0 Å². The maximum Gasteiger partial charge on any atom is 0.122 e. The second kappa shape index (κ2) is 6.92. The quantitative estimate of drug-likeness (QED) is 0.829. The number of nitrogens with two attached hydrogens (primary N) is 1. The molecular formula is C16H26N2O. The second-order valence-electron chi connectivity index (χ2n) is 5.67. The molecule has 106 valence electrons. The predicted molar refractivity (Wildman–Crippen MR) is 79.7 cm³/mol. The molecule has 2 rings (SSSR count). The molecule has 1 atom stereocenters. The van der Waals surface area contributed by atoms with Gasteiger partial charge in [-0.15, -0.1) is 0 Å². The van der Waals surface area contributed by atoms with E-state index in [1.807, 2.05) is 0 Å². The van der Waals surface area contributed by atoms with Gasteiger partial charge in [-0.25, -0.2) is 0 Å². The molecule has 0 unspecified atom stereocenters. The molecule has 0 saturated carbocycles. The first-order valence-corrected chi connectivity index (χ1v) is 7.33. The number of piperidine rings is 1. The molecule has 0 amide bonds. The van der Waals surface area contributed by atoms with Gasteiger partial charge in [-0.05, 0) is 56.8 Å². The number of likely N-dealkylation sites (tertiary alicyclic amines) is 1. The number of hydrogen-bond donors (Lipinski definition) is 1. The van der Waals surface area contributed by atoms with E-state index >= 15 is 0 Å². The van der Waals surface area contributed by atoms with Crippen LogP contribution >= 0.6 is 0 Å². The number of ether oxygens (including phenoxy) is 1. The molecule has 0 aromatic heterocycles. The molecule has 1 aliphatic heterocycles. The molecule has 3 heteroatoms. The lowest BCUT2D eigenvalue weighted by Crippen LogP contribution is -2.43. The Balaban J connectivity index is 1.70. The first-order valence-electron chi connectivity index (χ1n) is 7.33. The molecule has 0 aliphatic carbocycles. The summed E-state index contributed by atoms with van der Waals surface area (Å²) < 4.78 is 5.88. The van der Waals surface area contributed by atoms with E-state index in [-0.39, 0.29) is 0 Å². The summed E-state index contributed by atoms with van der Waals surface area (Å²) in [5.74, 6) is 1.02. The Kier molecular flexibility index (Phi) is 5.23. The Morgan fingerprint density at radius 3 is 3.00 bits per heavy atom. The van der Waals surface area contributed by atoms with Crippen LogP contribution in [0.15, 0.2) is 18.2 Å². The maximum atomic E-state index is 5.98. The summed E-state index contributed by atoms with van der Waals surface area (Å²) in [4.78, 5) is 2.46. The van der Waals surface area contributed by atoms with Gasteiger partial charge >= 0.3 is 0 Å². The summed E-state index contributed by atoms with van der Waals surface area (Å²) in [7, 11) is 0. The third kappa shape index (κ3) is 4.51. The average Bonchev–Trinajstić information content (AvgIpc) is 2.39. The third-order valence-corrected chi connectivity index (χ3v) is 3.76. The average molecular weight is 262 g/mol. The summed E-state index contributed by atoms with van der Waals surface area (Å²) >= 11 is 0. The van der Waals surface area contributed by atoms with Gasteiger partial charge in [-0.1, -0.05) is 12.1 Å². The van der Waals surface area contributed by atoms with Crippen molar-refractivity contribution in [3.05, 3.63) is 29.3 Å². The molecule has 1 aliphatic rings. The fraction of sp³-hybridized carbons (Fsp3) is 0.625. The predicted octanol–water partition coefficient (Wildman–Crippen LogP) is 2.50. The van der Waals surface area contributed by atoms with Crippen molar-refractivity contribution in [3.63, 3.8) is 0 Å². The molecule has 3 nitrogen and oxygen atoms in total. The lowest BCUT2D eigenvalue weighted by molar-refractivity contribution is 0.190. The molecule has 1 fully saturated rings. The maximum absolute atomic E-state index is 5.98. The summed E-state index contributed by atoms with van der Waals surface area (Å²) in [6, 6.07) is 6.73. The van der Waals surface area contributed by atoms with Gasteiger partial charge in [0.2, 0.25) is 0 Å². The van der Waals surface area contributed by atoms with E-state index in [2.05, 4.69) is 36.9 Å². The number of rotatable bonds is 5. The van der Waals surface area contributed by atoms with Crippen LogP contribution in [0.1, 0.15) is 30.4 Å². The number of benzene rings is 1. The lowest BCUT2D eigenvalue weighted by Gasteiger charge is -2.30. The minimum atomic E-state index is 0.369. The number of aryl methyl sites for hydroxylation is 2. The minimum absolute atomic E-state index is 0.369. The summed E-state index contributed by atoms with van der Waals surface area (Å²) in [6.07, 6.45) is 3.48. The molecule has 0 radical (unpaired) electrons. The van der Waals surface area contributed by atoms with Crippen molar-refractivity contribution >= 4 is 0 Å². The molecule has 0 spiro atoms. The van der Waals surface area contributed by atoms with Crippen LogP contribution < -0.4 is 10.5 Å². The van der Waals surface area contributed by atoms with E-state index < -0.39 is 0 Å². The van der Waals surface area contributed by atoms with Crippen LogP contribution in [0.2, 0.25) is 0 Å².